The SMILES string of the molecule is Cn1nncc1CNCCc1cccc2cccnc12. The van der Waals surface area contributed by atoms with Crippen molar-refractivity contribution in [3.63, 3.8) is 0 Å². The fourth-order valence-corrected chi connectivity index (χ4v) is 2.28. The van der Waals surface area contributed by atoms with E-state index in [4.69, 9.17) is 0 Å². The largest absolute Gasteiger partial charge is 0.311 e. The number of hydrogen-bond donors (Lipinski definition) is 1. The number of para-hydroxylation sites is 1. The Labute approximate surface area is 117 Å². The first-order valence-corrected chi connectivity index (χ1v) is 6.71. The Bertz CT molecular complexity index is 699. The summed E-state index contributed by atoms with van der Waals surface area (Å²) in [7, 11) is 1.90. The van der Waals surface area contributed by atoms with Crippen molar-refractivity contribution in [2.45, 2.75) is 13.0 Å². The Morgan fingerprint density at radius 2 is 2.10 bits per heavy atom. The molecule has 0 aliphatic rings. The van der Waals surface area contributed by atoms with Crippen LogP contribution in [-0.4, -0.2) is 26.5 Å². The monoisotopic (exact) mass is 267 g/mol. The molecular formula is C15H17N5. The maximum Gasteiger partial charge on any atom is 0.0738 e. The lowest BCUT2D eigenvalue weighted by Crippen LogP contribution is -2.18. The summed E-state index contributed by atoms with van der Waals surface area (Å²) in [6.45, 7) is 1.68. The number of nitrogens with zero attached hydrogens (tertiary/aromatic N) is 4. The van der Waals surface area contributed by atoms with E-state index in [1.54, 1.807) is 10.9 Å². The summed E-state index contributed by atoms with van der Waals surface area (Å²) >= 11 is 0. The van der Waals surface area contributed by atoms with E-state index in [2.05, 4.69) is 44.9 Å². The Morgan fingerprint density at radius 1 is 1.20 bits per heavy atom. The minimum absolute atomic E-state index is 0.779. The third-order valence-electron chi connectivity index (χ3n) is 3.40. The van der Waals surface area contributed by atoms with Gasteiger partial charge in [0, 0.05) is 25.2 Å². The van der Waals surface area contributed by atoms with E-state index in [1.807, 2.05) is 19.3 Å². The second kappa shape index (κ2) is 5.79. The van der Waals surface area contributed by atoms with Crippen molar-refractivity contribution < 1.29 is 0 Å². The first-order valence-electron chi connectivity index (χ1n) is 6.71. The van der Waals surface area contributed by atoms with Crippen LogP contribution in [0.1, 0.15) is 11.3 Å². The van der Waals surface area contributed by atoms with Gasteiger partial charge >= 0.3 is 0 Å². The summed E-state index contributed by atoms with van der Waals surface area (Å²) in [6, 6.07) is 10.4. The molecular weight excluding hydrogens is 250 g/mol. The van der Waals surface area contributed by atoms with Crippen LogP contribution in [0, 0.1) is 0 Å². The second-order valence-corrected chi connectivity index (χ2v) is 4.77. The van der Waals surface area contributed by atoms with Gasteiger partial charge < -0.3 is 5.32 Å². The zero-order valence-electron chi connectivity index (χ0n) is 11.5. The highest BCUT2D eigenvalue weighted by Gasteiger charge is 2.02. The highest BCUT2D eigenvalue weighted by Crippen LogP contribution is 2.15. The van der Waals surface area contributed by atoms with Crippen molar-refractivity contribution in [1.82, 2.24) is 25.3 Å². The van der Waals surface area contributed by atoms with Crippen molar-refractivity contribution in [1.29, 1.82) is 0 Å². The first-order chi connectivity index (χ1) is 9.84. The van der Waals surface area contributed by atoms with Gasteiger partial charge in [0.15, 0.2) is 0 Å². The van der Waals surface area contributed by atoms with Gasteiger partial charge in [-0.05, 0) is 24.6 Å². The van der Waals surface area contributed by atoms with Crippen LogP contribution in [0.25, 0.3) is 10.9 Å². The third-order valence-corrected chi connectivity index (χ3v) is 3.40. The summed E-state index contributed by atoms with van der Waals surface area (Å²) in [4.78, 5) is 4.47. The molecule has 5 heteroatoms. The number of rotatable bonds is 5. The highest BCUT2D eigenvalue weighted by molar-refractivity contribution is 5.81. The van der Waals surface area contributed by atoms with Gasteiger partial charge in [0.25, 0.3) is 0 Å². The van der Waals surface area contributed by atoms with E-state index in [0.29, 0.717) is 0 Å². The number of hydrogen-bond acceptors (Lipinski definition) is 4. The molecule has 0 bridgehead atoms. The Kier molecular flexibility index (Phi) is 3.69. The zero-order chi connectivity index (χ0) is 13.8. The fourth-order valence-electron chi connectivity index (χ4n) is 2.28. The number of fused-ring (bicyclic) bond motifs is 1. The first kappa shape index (κ1) is 12.7. The fraction of sp³-hybridized carbons (Fsp3) is 0.267. The molecule has 1 N–H and O–H groups in total. The van der Waals surface area contributed by atoms with E-state index in [0.717, 1.165) is 30.7 Å². The van der Waals surface area contributed by atoms with E-state index in [9.17, 15) is 0 Å². The van der Waals surface area contributed by atoms with E-state index in [1.165, 1.54) is 10.9 Å². The molecule has 5 nitrogen and oxygen atoms in total. The van der Waals surface area contributed by atoms with Crippen molar-refractivity contribution in [3.8, 4) is 0 Å². The van der Waals surface area contributed by atoms with E-state index >= 15 is 0 Å². The third kappa shape index (κ3) is 2.67. The molecule has 0 fully saturated rings. The summed E-state index contributed by atoms with van der Waals surface area (Å²) < 4.78 is 1.78. The molecule has 1 aromatic carbocycles. The Hall–Kier alpha value is -2.27. The van der Waals surface area contributed by atoms with Gasteiger partial charge in [-0.25, -0.2) is 0 Å². The molecule has 0 amide bonds. The Morgan fingerprint density at radius 3 is 2.95 bits per heavy atom. The van der Waals surface area contributed by atoms with Crippen LogP contribution in [0.3, 0.4) is 0 Å². The van der Waals surface area contributed by atoms with E-state index < -0.39 is 0 Å². The van der Waals surface area contributed by atoms with Gasteiger partial charge in [-0.15, -0.1) is 5.10 Å². The molecule has 0 atom stereocenters. The van der Waals surface area contributed by atoms with Crippen molar-refractivity contribution in [2.75, 3.05) is 6.54 Å². The molecule has 3 aromatic rings. The van der Waals surface area contributed by atoms with Crippen molar-refractivity contribution >= 4 is 10.9 Å². The molecule has 2 heterocycles. The molecule has 102 valence electrons. The van der Waals surface area contributed by atoms with Crippen LogP contribution >= 0.6 is 0 Å². The lowest BCUT2D eigenvalue weighted by molar-refractivity contribution is 0.617. The molecule has 0 saturated heterocycles. The van der Waals surface area contributed by atoms with Gasteiger partial charge in [-0.1, -0.05) is 29.5 Å². The lowest BCUT2D eigenvalue weighted by Gasteiger charge is -2.07. The highest BCUT2D eigenvalue weighted by atomic mass is 15.4. The van der Waals surface area contributed by atoms with E-state index in [-0.39, 0.29) is 0 Å². The van der Waals surface area contributed by atoms with Gasteiger partial charge in [0.2, 0.25) is 0 Å². The number of benzene rings is 1. The molecule has 0 radical (unpaired) electrons. The standard InChI is InChI=1S/C15H17N5/c1-20-14(11-18-19-20)10-16-9-7-13-5-2-4-12-6-3-8-17-15(12)13/h2-6,8,11,16H,7,9-10H2,1H3. The minimum Gasteiger partial charge on any atom is -0.311 e. The van der Waals surface area contributed by atoms with Crippen molar-refractivity contribution in [2.24, 2.45) is 7.05 Å². The average molecular weight is 267 g/mol. The predicted octanol–water partition coefficient (Wildman–Crippen LogP) is 1.70. The zero-order valence-corrected chi connectivity index (χ0v) is 11.5. The van der Waals surface area contributed by atoms with Gasteiger partial charge in [0.1, 0.15) is 0 Å². The van der Waals surface area contributed by atoms with Gasteiger partial charge in [-0.2, -0.15) is 0 Å². The second-order valence-electron chi connectivity index (χ2n) is 4.77. The number of pyridine rings is 1. The number of aromatic nitrogens is 4. The maximum absolute atomic E-state index is 4.47. The summed E-state index contributed by atoms with van der Waals surface area (Å²) in [5, 5.41) is 12.4. The minimum atomic E-state index is 0.779. The molecule has 0 aliphatic carbocycles. The molecule has 20 heavy (non-hydrogen) atoms. The number of nitrogens with one attached hydrogen (secondary N) is 1. The summed E-state index contributed by atoms with van der Waals surface area (Å²) in [6.07, 6.45) is 4.59. The average Bonchev–Trinajstić information content (AvgIpc) is 2.89. The molecule has 0 spiro atoms. The van der Waals surface area contributed by atoms with Gasteiger partial charge in [0.05, 0.1) is 17.4 Å². The van der Waals surface area contributed by atoms with Crippen LogP contribution < -0.4 is 5.32 Å². The van der Waals surface area contributed by atoms with Gasteiger partial charge in [-0.3, -0.25) is 9.67 Å². The smallest absolute Gasteiger partial charge is 0.0738 e. The maximum atomic E-state index is 4.47. The number of aryl methyl sites for hydroxylation is 1. The predicted molar refractivity (Wildman–Crippen MR) is 78.2 cm³/mol. The summed E-state index contributed by atoms with van der Waals surface area (Å²) in [5.74, 6) is 0. The van der Waals surface area contributed by atoms with Crippen LogP contribution in [0.15, 0.2) is 42.7 Å². The quantitative estimate of drug-likeness (QED) is 0.715. The Balaban J connectivity index is 1.62. The lowest BCUT2D eigenvalue weighted by atomic mass is 10.1. The van der Waals surface area contributed by atoms with Crippen LogP contribution in [0.2, 0.25) is 0 Å². The topological polar surface area (TPSA) is 55.6 Å². The summed E-state index contributed by atoms with van der Waals surface area (Å²) in [5.41, 5.74) is 3.46. The molecule has 2 aromatic heterocycles. The van der Waals surface area contributed by atoms with Crippen molar-refractivity contribution in [3.05, 3.63) is 54.0 Å². The molecule has 0 saturated carbocycles. The van der Waals surface area contributed by atoms with Crippen LogP contribution in [-0.2, 0) is 20.0 Å². The molecule has 0 aliphatic heterocycles. The molecule has 3 rings (SSSR count). The van der Waals surface area contributed by atoms with Crippen LogP contribution in [0.4, 0.5) is 0 Å². The normalized spacial score (nSPS) is 11.1. The van der Waals surface area contributed by atoms with Crippen LogP contribution in [0.5, 0.6) is 0 Å². The molecule has 0 unspecified atom stereocenters.